The van der Waals surface area contributed by atoms with Gasteiger partial charge in [-0.05, 0) is 0 Å². The second-order valence-corrected chi connectivity index (χ2v) is 11.5. The summed E-state index contributed by atoms with van der Waals surface area (Å²) in [6, 6.07) is 19.9. The van der Waals surface area contributed by atoms with Gasteiger partial charge in [-0.15, -0.1) is 0 Å². The van der Waals surface area contributed by atoms with Crippen molar-refractivity contribution in [2.75, 3.05) is 14.1 Å². The summed E-state index contributed by atoms with van der Waals surface area (Å²) in [5, 5.41) is 0. The summed E-state index contributed by atoms with van der Waals surface area (Å²) in [6.45, 7) is 8.03. The third kappa shape index (κ3) is 2.69. The molecule has 5 nitrogen and oxygen atoms in total. The molecule has 0 atom stereocenters. The summed E-state index contributed by atoms with van der Waals surface area (Å²) < 4.78 is 28.4. The maximum absolute atomic E-state index is 6.65. The molecule has 2 aromatic carbocycles. The van der Waals surface area contributed by atoms with Crippen LogP contribution in [0.1, 0.15) is 38.8 Å². The van der Waals surface area contributed by atoms with E-state index in [0.717, 1.165) is 11.1 Å². The number of benzene rings is 2. The van der Waals surface area contributed by atoms with Crippen molar-refractivity contribution in [2.24, 2.45) is 0 Å². The second kappa shape index (κ2) is 6.04. The van der Waals surface area contributed by atoms with Crippen LogP contribution >= 0.6 is 7.66 Å². The van der Waals surface area contributed by atoms with E-state index in [1.807, 2.05) is 107 Å². The molecule has 28 heavy (non-hydrogen) atoms. The molecule has 0 radical (unpaired) electrons. The van der Waals surface area contributed by atoms with Gasteiger partial charge in [0.2, 0.25) is 0 Å². The Morgan fingerprint density at radius 1 is 0.643 bits per heavy atom. The van der Waals surface area contributed by atoms with Gasteiger partial charge in [0.15, 0.2) is 0 Å². The molecule has 1 saturated heterocycles. The fourth-order valence-corrected chi connectivity index (χ4v) is 7.19. The van der Waals surface area contributed by atoms with Gasteiger partial charge in [-0.3, -0.25) is 0 Å². The molecule has 0 saturated carbocycles. The van der Waals surface area contributed by atoms with Crippen LogP contribution in [0.4, 0.5) is 0 Å². The van der Waals surface area contributed by atoms with E-state index in [1.165, 1.54) is 0 Å². The quantitative estimate of drug-likeness (QED) is 0.603. The van der Waals surface area contributed by atoms with Crippen LogP contribution in [0.15, 0.2) is 60.7 Å². The summed E-state index contributed by atoms with van der Waals surface area (Å²) in [6.07, 6.45) is 0. The van der Waals surface area contributed by atoms with Crippen LogP contribution in [0.25, 0.3) is 11.5 Å². The summed E-state index contributed by atoms with van der Waals surface area (Å²) in [7, 11) is -0.341. The van der Waals surface area contributed by atoms with Gasteiger partial charge in [0.05, 0.1) is 0 Å². The maximum atomic E-state index is 6.65. The molecule has 150 valence electrons. The number of rotatable bonds is 3. The normalized spacial score (nSPS) is 25.2. The van der Waals surface area contributed by atoms with Crippen LogP contribution in [-0.2, 0) is 18.1 Å². The van der Waals surface area contributed by atoms with Gasteiger partial charge in [0.1, 0.15) is 0 Å². The van der Waals surface area contributed by atoms with Crippen LogP contribution < -0.4 is 0 Å². The van der Waals surface area contributed by atoms with E-state index in [0.29, 0.717) is 11.5 Å². The van der Waals surface area contributed by atoms with Crippen molar-refractivity contribution in [3.8, 4) is 0 Å². The van der Waals surface area contributed by atoms with Gasteiger partial charge >= 0.3 is 167 Å². The van der Waals surface area contributed by atoms with E-state index in [-0.39, 0.29) is 0 Å². The van der Waals surface area contributed by atoms with Gasteiger partial charge < -0.3 is 0 Å². The van der Waals surface area contributed by atoms with Crippen LogP contribution in [0, 0.1) is 0 Å². The van der Waals surface area contributed by atoms with E-state index in [9.17, 15) is 0 Å². The van der Waals surface area contributed by atoms with Crippen LogP contribution in [-0.4, -0.2) is 30.0 Å². The van der Waals surface area contributed by atoms with Gasteiger partial charge in [0, 0.05) is 0 Å². The fraction of sp³-hybridized carbons (Fsp3) is 0.364. The Labute approximate surface area is 167 Å². The molecule has 0 aliphatic carbocycles. The Hall–Kier alpha value is -1.91. The van der Waals surface area contributed by atoms with E-state index in [1.54, 1.807) is 0 Å². The Morgan fingerprint density at radius 2 is 1.00 bits per heavy atom. The topological polar surface area (TPSA) is 40.2 Å². The van der Waals surface area contributed by atoms with E-state index in [4.69, 9.17) is 18.1 Å². The molecule has 2 aliphatic rings. The predicted molar refractivity (Wildman–Crippen MR) is 113 cm³/mol. The average molecular weight is 401 g/mol. The van der Waals surface area contributed by atoms with E-state index >= 15 is 0 Å². The molecule has 0 N–H and O–H groups in total. The van der Waals surface area contributed by atoms with Crippen molar-refractivity contribution in [1.29, 1.82) is 0 Å². The Balaban J connectivity index is 1.91. The van der Waals surface area contributed by atoms with Gasteiger partial charge in [-0.25, -0.2) is 0 Å². The number of nitrogens with zero attached hydrogens (tertiary/aromatic N) is 1. The van der Waals surface area contributed by atoms with Crippen molar-refractivity contribution in [3.63, 3.8) is 0 Å². The summed E-state index contributed by atoms with van der Waals surface area (Å²) in [4.78, 5) is 0. The zero-order valence-corrected chi connectivity index (χ0v) is 18.2. The zero-order valence-electron chi connectivity index (χ0n) is 17.3. The van der Waals surface area contributed by atoms with Crippen molar-refractivity contribution in [1.82, 2.24) is 4.67 Å². The fourth-order valence-electron chi connectivity index (χ4n) is 3.36. The molecule has 2 heterocycles. The van der Waals surface area contributed by atoms with E-state index < -0.39 is 18.9 Å². The number of hydrogen-bond donors (Lipinski definition) is 0. The molecule has 0 amide bonds. The second-order valence-electron chi connectivity index (χ2n) is 8.40. The molecule has 0 aromatic heterocycles. The Kier molecular flexibility index (Phi) is 4.19. The molecule has 2 aliphatic heterocycles. The Bertz CT molecular complexity index is 851. The Morgan fingerprint density at radius 3 is 1.32 bits per heavy atom. The molecule has 4 rings (SSSR count). The third-order valence-electron chi connectivity index (χ3n) is 5.63. The van der Waals surface area contributed by atoms with Crippen LogP contribution in [0.3, 0.4) is 0 Å². The van der Waals surface area contributed by atoms with Crippen molar-refractivity contribution >= 4 is 19.2 Å². The van der Waals surface area contributed by atoms with Gasteiger partial charge in [-0.2, -0.15) is 0 Å². The number of hydrogen-bond acceptors (Lipinski definition) is 5. The average Bonchev–Trinajstić information content (AvgIpc) is 3.07. The summed E-state index contributed by atoms with van der Waals surface area (Å²) in [5.74, 6) is 1.26. The van der Waals surface area contributed by atoms with Crippen LogP contribution in [0.5, 0.6) is 0 Å². The molecule has 0 bridgehead atoms. The minimum absolute atomic E-state index is 0.608. The van der Waals surface area contributed by atoms with Crippen molar-refractivity contribution < 1.29 is 18.1 Å². The summed E-state index contributed by atoms with van der Waals surface area (Å²) in [5.41, 5.74) is 0.616. The minimum atomic E-state index is -4.10. The summed E-state index contributed by atoms with van der Waals surface area (Å²) >= 11 is 0. The first-order valence-corrected chi connectivity index (χ1v) is 11.3. The standard InChI is InChI=1S/C22H28NO4P/c1-21(2)22(3,4)27-28(26-21,23(5)6)24-19(17-13-9-7-10-14-17)20(25-28)18-15-11-8-12-16-18/h7-16H,1-6H3. The SMILES string of the molecule is CN(C)P12(OC(c3ccccc3)=C(c3ccccc3)O1)OC(C)(C)C(C)(C)O2. The monoisotopic (exact) mass is 401 g/mol. The third-order valence-corrected chi connectivity index (χ3v) is 9.44. The van der Waals surface area contributed by atoms with E-state index in [2.05, 4.69) is 0 Å². The molecular formula is C22H28NO4P. The van der Waals surface area contributed by atoms with Gasteiger partial charge in [-0.1, -0.05) is 0 Å². The molecular weight excluding hydrogens is 373 g/mol. The first-order chi connectivity index (χ1) is 13.1. The van der Waals surface area contributed by atoms with Gasteiger partial charge in [0.25, 0.3) is 0 Å². The molecule has 1 fully saturated rings. The first-order valence-electron chi connectivity index (χ1n) is 9.46. The van der Waals surface area contributed by atoms with Crippen LogP contribution in [0.2, 0.25) is 0 Å². The molecule has 6 heteroatoms. The molecule has 1 spiro atoms. The first kappa shape index (κ1) is 19.4. The molecule has 0 unspecified atom stereocenters. The zero-order chi connectivity index (χ0) is 20.2. The molecule has 2 aromatic rings. The van der Waals surface area contributed by atoms with Crippen molar-refractivity contribution in [2.45, 2.75) is 38.9 Å². The van der Waals surface area contributed by atoms with Crippen molar-refractivity contribution in [3.05, 3.63) is 71.8 Å². The predicted octanol–water partition coefficient (Wildman–Crippen LogP) is 5.85.